The third-order valence-corrected chi connectivity index (χ3v) is 6.96. The summed E-state index contributed by atoms with van der Waals surface area (Å²) in [5.74, 6) is -4.15. The number of benzene rings is 2. The van der Waals surface area contributed by atoms with Crippen molar-refractivity contribution in [3.05, 3.63) is 95.1 Å². The van der Waals surface area contributed by atoms with Gasteiger partial charge in [-0.15, -0.1) is 0 Å². The van der Waals surface area contributed by atoms with Crippen LogP contribution in [0.3, 0.4) is 0 Å². The molecule has 0 bridgehead atoms. The van der Waals surface area contributed by atoms with E-state index < -0.39 is 23.9 Å². The molecule has 5 N–H and O–H groups in total. The van der Waals surface area contributed by atoms with E-state index in [4.69, 9.17) is 20.4 Å². The summed E-state index contributed by atoms with van der Waals surface area (Å²) in [5.41, 5.74) is 5.96. The molecule has 0 amide bonds. The van der Waals surface area contributed by atoms with Gasteiger partial charge in [-0.05, 0) is 81.3 Å². The van der Waals surface area contributed by atoms with E-state index in [-0.39, 0.29) is 0 Å². The molecule has 0 aromatic heterocycles. The lowest BCUT2D eigenvalue weighted by Crippen LogP contribution is -2.38. The van der Waals surface area contributed by atoms with Gasteiger partial charge in [-0.3, -0.25) is 4.90 Å². The van der Waals surface area contributed by atoms with Crippen molar-refractivity contribution < 1.29 is 39.6 Å². The van der Waals surface area contributed by atoms with Crippen LogP contribution in [-0.4, -0.2) is 74.9 Å². The number of carboxylic acids is 4. The first kappa shape index (κ1) is 33.9. The molecule has 2 aliphatic rings. The standard InChI is InChI=1S/C24H32N2.2C4H4O4/c1-19-5-4-6-21(15-19)18-26-13-10-20(11-14-26)16-24-17-23-8-3-2-7-22(23)9-12-25-24;2*5-3(6)1-2-4(7)8/h2-8,15,20,24-25H,9-14,16-18H2,1H3;2*1-2H,(H,5,6)(H,7,8). The topological polar surface area (TPSA) is 164 Å². The number of hydrogen-bond donors (Lipinski definition) is 5. The number of nitrogens with one attached hydrogen (secondary N) is 1. The van der Waals surface area contributed by atoms with Crippen molar-refractivity contribution >= 4 is 23.9 Å². The molecule has 0 spiro atoms. The van der Waals surface area contributed by atoms with Gasteiger partial charge >= 0.3 is 23.9 Å². The number of rotatable bonds is 8. The van der Waals surface area contributed by atoms with Gasteiger partial charge in [0.1, 0.15) is 0 Å². The number of aryl methyl sites for hydroxylation is 1. The smallest absolute Gasteiger partial charge is 0.328 e. The fourth-order valence-corrected chi connectivity index (χ4v) is 5.05. The van der Waals surface area contributed by atoms with E-state index in [9.17, 15) is 19.2 Å². The number of piperidine rings is 1. The minimum absolute atomic E-state index is 0.558. The maximum absolute atomic E-state index is 9.55. The molecule has 2 aromatic carbocycles. The van der Waals surface area contributed by atoms with Crippen molar-refractivity contribution in [2.24, 2.45) is 5.92 Å². The molecule has 2 aromatic rings. The van der Waals surface area contributed by atoms with E-state index in [1.807, 2.05) is 0 Å². The lowest BCUT2D eigenvalue weighted by Gasteiger charge is -2.33. The fourth-order valence-electron chi connectivity index (χ4n) is 5.05. The molecule has 0 radical (unpaired) electrons. The predicted octanol–water partition coefficient (Wildman–Crippen LogP) is 3.78. The summed E-state index contributed by atoms with van der Waals surface area (Å²) in [5, 5.41) is 35.1. The minimum Gasteiger partial charge on any atom is -0.478 e. The number of aliphatic carboxylic acids is 4. The first-order valence-corrected chi connectivity index (χ1v) is 13.9. The van der Waals surface area contributed by atoms with Crippen molar-refractivity contribution in [2.75, 3.05) is 19.6 Å². The van der Waals surface area contributed by atoms with E-state index in [0.717, 1.165) is 19.0 Å². The van der Waals surface area contributed by atoms with Crippen molar-refractivity contribution in [3.8, 4) is 0 Å². The second-order valence-corrected chi connectivity index (χ2v) is 10.3. The zero-order valence-corrected chi connectivity index (χ0v) is 23.8. The summed E-state index contributed by atoms with van der Waals surface area (Å²) in [6.07, 6.45) is 8.67. The number of nitrogens with zero attached hydrogens (tertiary/aromatic N) is 1. The Balaban J connectivity index is 0.000000319. The summed E-state index contributed by atoms with van der Waals surface area (Å²) in [4.78, 5) is 40.9. The van der Waals surface area contributed by atoms with Crippen molar-refractivity contribution in [1.29, 1.82) is 0 Å². The number of carboxylic acid groups (broad SMARTS) is 4. The summed E-state index contributed by atoms with van der Waals surface area (Å²) >= 11 is 0. The molecule has 4 rings (SSSR count). The zero-order chi connectivity index (χ0) is 30.9. The number of carbonyl (C=O) groups is 4. The Labute approximate surface area is 246 Å². The number of hydrogen-bond acceptors (Lipinski definition) is 6. The average Bonchev–Trinajstić information content (AvgIpc) is 3.14. The fraction of sp³-hybridized carbons (Fsp3) is 0.375. The summed E-state index contributed by atoms with van der Waals surface area (Å²) < 4.78 is 0. The molecule has 1 atom stereocenters. The highest BCUT2D eigenvalue weighted by Gasteiger charge is 2.24. The first-order valence-electron chi connectivity index (χ1n) is 13.9. The van der Waals surface area contributed by atoms with Gasteiger partial charge in [-0.25, -0.2) is 19.2 Å². The van der Waals surface area contributed by atoms with E-state index in [0.29, 0.717) is 30.3 Å². The van der Waals surface area contributed by atoms with Crippen LogP contribution in [0, 0.1) is 12.8 Å². The molecule has 1 fully saturated rings. The zero-order valence-electron chi connectivity index (χ0n) is 23.8. The monoisotopic (exact) mass is 580 g/mol. The highest BCUT2D eigenvalue weighted by Crippen LogP contribution is 2.26. The second kappa shape index (κ2) is 18.2. The molecule has 0 aliphatic carbocycles. The van der Waals surface area contributed by atoms with Gasteiger partial charge in [-0.2, -0.15) is 0 Å². The van der Waals surface area contributed by atoms with Crippen LogP contribution in [0.4, 0.5) is 0 Å². The van der Waals surface area contributed by atoms with Crippen LogP contribution in [0.5, 0.6) is 0 Å². The lowest BCUT2D eigenvalue weighted by molar-refractivity contribution is -0.134. The van der Waals surface area contributed by atoms with Gasteiger partial charge in [0.25, 0.3) is 0 Å². The van der Waals surface area contributed by atoms with E-state index in [2.05, 4.69) is 65.7 Å². The van der Waals surface area contributed by atoms with Gasteiger partial charge in [0.05, 0.1) is 0 Å². The maximum atomic E-state index is 9.55. The molecule has 10 nitrogen and oxygen atoms in total. The van der Waals surface area contributed by atoms with Gasteiger partial charge in [0.2, 0.25) is 0 Å². The quantitative estimate of drug-likeness (QED) is 0.290. The maximum Gasteiger partial charge on any atom is 0.328 e. The van der Waals surface area contributed by atoms with E-state index in [1.54, 1.807) is 11.1 Å². The number of likely N-dealkylation sites (tertiary alicyclic amines) is 1. The van der Waals surface area contributed by atoms with Crippen LogP contribution >= 0.6 is 0 Å². The summed E-state index contributed by atoms with van der Waals surface area (Å²) in [6, 6.07) is 18.7. The second-order valence-electron chi connectivity index (χ2n) is 10.3. The van der Waals surface area contributed by atoms with Crippen molar-refractivity contribution in [1.82, 2.24) is 10.2 Å². The first-order chi connectivity index (χ1) is 20.0. The SMILES string of the molecule is Cc1cccc(CN2CCC(CC3Cc4ccccc4CCN3)CC2)c1.O=C(O)C=CC(=O)O.O=C(O)C=CC(=O)O. The Morgan fingerprint density at radius 2 is 1.36 bits per heavy atom. The largest absolute Gasteiger partial charge is 0.478 e. The third kappa shape index (κ3) is 14.4. The van der Waals surface area contributed by atoms with E-state index >= 15 is 0 Å². The molecule has 2 heterocycles. The molecule has 42 heavy (non-hydrogen) atoms. The Hall–Kier alpha value is -4.28. The Morgan fingerprint density at radius 1 is 0.810 bits per heavy atom. The summed E-state index contributed by atoms with van der Waals surface area (Å²) in [6.45, 7) is 6.94. The van der Waals surface area contributed by atoms with Gasteiger partial charge < -0.3 is 25.7 Å². The van der Waals surface area contributed by atoms with Crippen LogP contribution in [0.1, 0.15) is 41.5 Å². The molecule has 2 aliphatic heterocycles. The molecule has 226 valence electrons. The van der Waals surface area contributed by atoms with Gasteiger partial charge in [-0.1, -0.05) is 54.1 Å². The third-order valence-electron chi connectivity index (χ3n) is 6.96. The highest BCUT2D eigenvalue weighted by atomic mass is 16.4. The van der Waals surface area contributed by atoms with Crippen LogP contribution in [0.2, 0.25) is 0 Å². The Kier molecular flexibility index (Phi) is 14.7. The van der Waals surface area contributed by atoms with Crippen LogP contribution < -0.4 is 5.32 Å². The average molecular weight is 581 g/mol. The lowest BCUT2D eigenvalue weighted by atomic mass is 9.87. The van der Waals surface area contributed by atoms with Gasteiger partial charge in [0.15, 0.2) is 0 Å². The Morgan fingerprint density at radius 3 is 1.88 bits per heavy atom. The van der Waals surface area contributed by atoms with Crippen LogP contribution in [-0.2, 0) is 38.6 Å². The molecule has 0 saturated carbocycles. The number of fused-ring (bicyclic) bond motifs is 1. The minimum atomic E-state index is -1.26. The molecule has 1 unspecified atom stereocenters. The summed E-state index contributed by atoms with van der Waals surface area (Å²) in [7, 11) is 0. The normalized spacial score (nSPS) is 17.2. The van der Waals surface area contributed by atoms with Crippen molar-refractivity contribution in [2.45, 2.75) is 51.6 Å². The van der Waals surface area contributed by atoms with E-state index in [1.165, 1.54) is 56.3 Å². The van der Waals surface area contributed by atoms with Crippen LogP contribution in [0.15, 0.2) is 72.8 Å². The highest BCUT2D eigenvalue weighted by molar-refractivity contribution is 5.90. The predicted molar refractivity (Wildman–Crippen MR) is 158 cm³/mol. The Bertz CT molecular complexity index is 1180. The van der Waals surface area contributed by atoms with Crippen LogP contribution in [0.25, 0.3) is 0 Å². The molecular formula is C32H40N2O8. The molecular weight excluding hydrogens is 540 g/mol. The van der Waals surface area contributed by atoms with Gasteiger partial charge in [0, 0.05) is 36.9 Å². The molecule has 10 heteroatoms. The molecule has 1 saturated heterocycles. The van der Waals surface area contributed by atoms with Crippen molar-refractivity contribution in [3.63, 3.8) is 0 Å².